The predicted octanol–water partition coefficient (Wildman–Crippen LogP) is 5.06. The van der Waals surface area contributed by atoms with Gasteiger partial charge < -0.3 is 4.74 Å². The first-order valence-electron chi connectivity index (χ1n) is 8.82. The number of carbonyl (C=O) groups excluding carboxylic acids is 1. The highest BCUT2D eigenvalue weighted by molar-refractivity contribution is 9.11. The van der Waals surface area contributed by atoms with Gasteiger partial charge in [-0.2, -0.15) is 0 Å². The third-order valence-corrected chi connectivity index (χ3v) is 7.04. The summed E-state index contributed by atoms with van der Waals surface area (Å²) in [4.78, 5) is 13.2. The van der Waals surface area contributed by atoms with Crippen LogP contribution >= 0.6 is 39.0 Å². The summed E-state index contributed by atoms with van der Waals surface area (Å²) in [6.45, 7) is 1.37. The van der Waals surface area contributed by atoms with Gasteiger partial charge in [-0.1, -0.05) is 11.8 Å². The zero-order chi connectivity index (χ0) is 19.5. The molecule has 5 nitrogen and oxygen atoms in total. The summed E-state index contributed by atoms with van der Waals surface area (Å²) in [6.07, 6.45) is 2.11. The van der Waals surface area contributed by atoms with Gasteiger partial charge in [0.25, 0.3) is 0 Å². The van der Waals surface area contributed by atoms with E-state index in [1.165, 1.54) is 35.2 Å². The molecule has 9 heteroatoms. The lowest BCUT2D eigenvalue weighted by Crippen LogP contribution is -2.17. The molecule has 1 atom stereocenters. The van der Waals surface area contributed by atoms with Gasteiger partial charge in [0, 0.05) is 12.2 Å². The van der Waals surface area contributed by atoms with Crippen molar-refractivity contribution in [1.82, 2.24) is 14.8 Å². The maximum atomic E-state index is 13.3. The van der Waals surface area contributed by atoms with Crippen LogP contribution in [0.3, 0.4) is 0 Å². The number of hydrogen-bond acceptors (Lipinski definition) is 6. The van der Waals surface area contributed by atoms with Crippen molar-refractivity contribution in [3.05, 3.63) is 50.9 Å². The fraction of sp³-hybridized carbons (Fsp3) is 0.316. The van der Waals surface area contributed by atoms with E-state index >= 15 is 0 Å². The minimum atomic E-state index is -0.295. The van der Waals surface area contributed by atoms with E-state index in [9.17, 15) is 9.18 Å². The van der Waals surface area contributed by atoms with Crippen LogP contribution < -0.4 is 0 Å². The first-order chi connectivity index (χ1) is 13.6. The number of nitrogens with zero attached hydrogens (tertiary/aromatic N) is 3. The number of thioether (sulfide) groups is 1. The summed E-state index contributed by atoms with van der Waals surface area (Å²) < 4.78 is 22.0. The van der Waals surface area contributed by atoms with Gasteiger partial charge in [0.15, 0.2) is 16.8 Å². The van der Waals surface area contributed by atoms with Gasteiger partial charge in [-0.3, -0.25) is 9.36 Å². The monoisotopic (exact) mass is 481 g/mol. The number of rotatable bonds is 7. The Kier molecular flexibility index (Phi) is 6.25. The fourth-order valence-electron chi connectivity index (χ4n) is 3.03. The number of benzene rings is 1. The van der Waals surface area contributed by atoms with Crippen LogP contribution in [-0.2, 0) is 11.3 Å². The second-order valence-corrected chi connectivity index (χ2v) is 9.78. The SMILES string of the molecule is O=C(CSc1nnc(-c2ccc(F)cc2)n1C[C@@H]1CCCO1)c1ccc(Br)s1. The van der Waals surface area contributed by atoms with Gasteiger partial charge in [-0.05, 0) is 65.2 Å². The number of hydrogen-bond donors (Lipinski definition) is 0. The molecule has 0 radical (unpaired) electrons. The Bertz CT molecular complexity index is 968. The molecule has 0 bridgehead atoms. The lowest BCUT2D eigenvalue weighted by atomic mass is 10.2. The molecular weight excluding hydrogens is 465 g/mol. The van der Waals surface area contributed by atoms with Crippen molar-refractivity contribution in [3.63, 3.8) is 0 Å². The molecule has 0 aliphatic carbocycles. The summed E-state index contributed by atoms with van der Waals surface area (Å²) in [7, 11) is 0. The zero-order valence-electron chi connectivity index (χ0n) is 14.8. The highest BCUT2D eigenvalue weighted by Crippen LogP contribution is 2.28. The molecule has 0 amide bonds. The number of Topliss-reactive ketones (excluding diaryl/α,β-unsaturated/α-hetero) is 1. The Morgan fingerprint density at radius 3 is 2.79 bits per heavy atom. The molecule has 0 unspecified atom stereocenters. The van der Waals surface area contributed by atoms with Crippen molar-refractivity contribution in [3.8, 4) is 11.4 Å². The Labute approximate surface area is 178 Å². The molecule has 2 aromatic heterocycles. The van der Waals surface area contributed by atoms with E-state index < -0.39 is 0 Å². The second-order valence-electron chi connectivity index (χ2n) is 6.37. The summed E-state index contributed by atoms with van der Waals surface area (Å²) in [5, 5.41) is 9.27. The van der Waals surface area contributed by atoms with Gasteiger partial charge >= 0.3 is 0 Å². The van der Waals surface area contributed by atoms with E-state index in [1.54, 1.807) is 12.1 Å². The van der Waals surface area contributed by atoms with Gasteiger partial charge in [-0.15, -0.1) is 21.5 Å². The molecule has 146 valence electrons. The van der Waals surface area contributed by atoms with Crippen LogP contribution in [0, 0.1) is 5.82 Å². The van der Waals surface area contributed by atoms with Crippen LogP contribution in [-0.4, -0.2) is 39.0 Å². The molecular formula is C19H17BrFN3O2S2. The van der Waals surface area contributed by atoms with Crippen molar-refractivity contribution in [1.29, 1.82) is 0 Å². The van der Waals surface area contributed by atoms with Gasteiger partial charge in [-0.25, -0.2) is 4.39 Å². The lowest BCUT2D eigenvalue weighted by molar-refractivity contribution is 0.0953. The molecule has 1 aromatic carbocycles. The molecule has 3 heterocycles. The Hall–Kier alpha value is -1.55. The summed E-state index contributed by atoms with van der Waals surface area (Å²) >= 11 is 6.17. The number of carbonyl (C=O) groups is 1. The number of halogens is 2. The summed E-state index contributed by atoms with van der Waals surface area (Å²) in [5.74, 6) is 0.691. The van der Waals surface area contributed by atoms with Crippen molar-refractivity contribution in [2.45, 2.75) is 30.6 Å². The first kappa shape index (κ1) is 19.8. The quantitative estimate of drug-likeness (QED) is 0.348. The van der Waals surface area contributed by atoms with E-state index in [-0.39, 0.29) is 23.5 Å². The third kappa shape index (κ3) is 4.53. The minimum Gasteiger partial charge on any atom is -0.376 e. The Morgan fingerprint density at radius 2 is 2.11 bits per heavy atom. The summed E-state index contributed by atoms with van der Waals surface area (Å²) in [5.41, 5.74) is 0.785. The van der Waals surface area contributed by atoms with Crippen LogP contribution in [0.25, 0.3) is 11.4 Å². The highest BCUT2D eigenvalue weighted by Gasteiger charge is 2.22. The van der Waals surface area contributed by atoms with Crippen LogP contribution in [0.2, 0.25) is 0 Å². The maximum Gasteiger partial charge on any atom is 0.192 e. The molecule has 1 saturated heterocycles. The molecule has 28 heavy (non-hydrogen) atoms. The summed E-state index contributed by atoms with van der Waals surface area (Å²) in [6, 6.07) is 9.88. The van der Waals surface area contributed by atoms with Crippen molar-refractivity contribution >= 4 is 44.8 Å². The van der Waals surface area contributed by atoms with E-state index in [2.05, 4.69) is 26.1 Å². The van der Waals surface area contributed by atoms with E-state index in [0.29, 0.717) is 22.4 Å². The van der Waals surface area contributed by atoms with Crippen molar-refractivity contribution in [2.24, 2.45) is 0 Å². The topological polar surface area (TPSA) is 57.0 Å². The standard InChI is InChI=1S/C19H17BrFN3O2S2/c20-17-8-7-16(28-17)15(25)11-27-19-23-22-18(12-3-5-13(21)6-4-12)24(19)10-14-2-1-9-26-14/h3-8,14H,1-2,9-11H2/t14-/m0/s1. The normalized spacial score (nSPS) is 16.6. The molecule has 0 saturated carbocycles. The van der Waals surface area contributed by atoms with Crippen molar-refractivity contribution in [2.75, 3.05) is 12.4 Å². The average Bonchev–Trinajstić information content (AvgIpc) is 3.43. The molecule has 0 N–H and O–H groups in total. The van der Waals surface area contributed by atoms with Crippen LogP contribution in [0.4, 0.5) is 4.39 Å². The molecule has 1 aliphatic heterocycles. The number of ether oxygens (including phenoxy) is 1. The molecule has 3 aromatic rings. The van der Waals surface area contributed by atoms with Crippen molar-refractivity contribution < 1.29 is 13.9 Å². The number of ketones is 1. The van der Waals surface area contributed by atoms with Crippen LogP contribution in [0.5, 0.6) is 0 Å². The molecule has 0 spiro atoms. The molecule has 1 aliphatic rings. The largest absolute Gasteiger partial charge is 0.376 e. The minimum absolute atomic E-state index is 0.0516. The van der Waals surface area contributed by atoms with Gasteiger partial charge in [0.05, 0.1) is 27.1 Å². The molecule has 1 fully saturated rings. The lowest BCUT2D eigenvalue weighted by Gasteiger charge is -2.14. The van der Waals surface area contributed by atoms with E-state index in [0.717, 1.165) is 28.8 Å². The van der Waals surface area contributed by atoms with Crippen LogP contribution in [0.15, 0.2) is 45.3 Å². The Morgan fingerprint density at radius 1 is 1.29 bits per heavy atom. The van der Waals surface area contributed by atoms with E-state index in [1.807, 2.05) is 16.7 Å². The van der Waals surface area contributed by atoms with Crippen LogP contribution in [0.1, 0.15) is 22.5 Å². The van der Waals surface area contributed by atoms with Gasteiger partial charge in [0.1, 0.15) is 5.82 Å². The average molecular weight is 482 g/mol. The number of thiophene rings is 1. The fourth-order valence-corrected chi connectivity index (χ4v) is 5.28. The first-order valence-corrected chi connectivity index (χ1v) is 11.4. The second kappa shape index (κ2) is 8.86. The highest BCUT2D eigenvalue weighted by atomic mass is 79.9. The van der Waals surface area contributed by atoms with Gasteiger partial charge in [0.2, 0.25) is 0 Å². The maximum absolute atomic E-state index is 13.3. The number of aromatic nitrogens is 3. The molecule has 4 rings (SSSR count). The zero-order valence-corrected chi connectivity index (χ0v) is 18.0. The predicted molar refractivity (Wildman–Crippen MR) is 111 cm³/mol. The third-order valence-electron chi connectivity index (χ3n) is 4.41. The Balaban J connectivity index is 1.56. The van der Waals surface area contributed by atoms with E-state index in [4.69, 9.17) is 4.74 Å². The smallest absolute Gasteiger partial charge is 0.192 e.